The van der Waals surface area contributed by atoms with Crippen molar-refractivity contribution in [2.45, 2.75) is 18.4 Å². The lowest BCUT2D eigenvalue weighted by molar-refractivity contribution is -0.171. The molecule has 0 rings (SSSR count). The Labute approximate surface area is 84.2 Å². The summed E-state index contributed by atoms with van der Waals surface area (Å²) >= 11 is 0. The molecule has 0 saturated carbocycles. The highest BCUT2D eigenvalue weighted by molar-refractivity contribution is 5.88. The zero-order valence-electron chi connectivity index (χ0n) is 7.67. The van der Waals surface area contributed by atoms with E-state index in [1.807, 2.05) is 0 Å². The Morgan fingerprint density at radius 2 is 1.73 bits per heavy atom. The number of aliphatic hydroxyl groups is 1. The van der Waals surface area contributed by atoms with Gasteiger partial charge < -0.3 is 20.1 Å². The molecule has 8 heteroatoms. The maximum atomic E-state index is 10.8. The number of nitrogens with two attached hydrogens (primary N) is 1. The van der Waals surface area contributed by atoms with Crippen LogP contribution in [0.3, 0.4) is 0 Å². The van der Waals surface area contributed by atoms with Crippen LogP contribution in [0.1, 0.15) is 12.8 Å². The van der Waals surface area contributed by atoms with Gasteiger partial charge in [0, 0.05) is 0 Å². The van der Waals surface area contributed by atoms with Gasteiger partial charge in [-0.15, -0.1) is 0 Å². The van der Waals surface area contributed by atoms with Crippen LogP contribution in [-0.2, 0) is 19.1 Å². The number of hydrogen-bond acceptors (Lipinski definition) is 6. The number of ether oxygens (including phenoxy) is 1. The average Bonchev–Trinajstić information content (AvgIpc) is 2.01. The Balaban J connectivity index is 4.58. The van der Waals surface area contributed by atoms with Crippen LogP contribution < -0.4 is 5.73 Å². The average molecular weight is 221 g/mol. The summed E-state index contributed by atoms with van der Waals surface area (Å²) in [5.74, 6) is -4.43. The lowest BCUT2D eigenvalue weighted by Gasteiger charge is -2.19. The topological polar surface area (TPSA) is 147 Å². The smallest absolute Gasteiger partial charge is 0.336 e. The highest BCUT2D eigenvalue weighted by atomic mass is 16.5. The molecular weight excluding hydrogens is 210 g/mol. The minimum Gasteiger partial charge on any atom is -0.481 e. The first-order valence-electron chi connectivity index (χ1n) is 3.85. The zero-order valence-corrected chi connectivity index (χ0v) is 7.67. The van der Waals surface area contributed by atoms with Crippen molar-refractivity contribution >= 4 is 17.9 Å². The molecule has 0 radical (unpaired) electrons. The normalized spacial score (nSPS) is 14.0. The molecule has 0 aliphatic heterocycles. The van der Waals surface area contributed by atoms with Crippen molar-refractivity contribution in [3.8, 4) is 0 Å². The summed E-state index contributed by atoms with van der Waals surface area (Å²) in [6.07, 6.45) is -2.06. The van der Waals surface area contributed by atoms with E-state index in [0.29, 0.717) is 0 Å². The number of rotatable bonds is 6. The number of aliphatic carboxylic acids is 2. The van der Waals surface area contributed by atoms with Crippen molar-refractivity contribution in [3.05, 3.63) is 0 Å². The van der Waals surface area contributed by atoms with Gasteiger partial charge in [-0.25, -0.2) is 4.79 Å². The van der Waals surface area contributed by atoms with Crippen LogP contribution in [0.4, 0.5) is 0 Å². The van der Waals surface area contributed by atoms with Gasteiger partial charge in [0.15, 0.2) is 5.60 Å². The molecule has 0 fully saturated rings. The first-order chi connectivity index (χ1) is 6.81. The molecule has 0 aromatic carbocycles. The third-order valence-electron chi connectivity index (χ3n) is 1.52. The highest BCUT2D eigenvalue weighted by Gasteiger charge is 2.41. The predicted octanol–water partition coefficient (Wildman–Crippen LogP) is -1.87. The van der Waals surface area contributed by atoms with E-state index in [-0.39, 0.29) is 0 Å². The third-order valence-corrected chi connectivity index (χ3v) is 1.52. The van der Waals surface area contributed by atoms with Crippen LogP contribution in [-0.4, -0.2) is 45.6 Å². The Hall–Kier alpha value is -1.67. The number of carboxylic acid groups (broad SMARTS) is 2. The molecule has 0 aromatic heterocycles. The van der Waals surface area contributed by atoms with Gasteiger partial charge in [0.05, 0.1) is 12.8 Å². The standard InChI is InChI=1S/C7H11NO7/c8-3-15-5(11)2-7(14,6(12)13)1-4(9)10/h14H,1-3,8H2,(H,9,10)(H,12,13). The molecule has 8 nitrogen and oxygen atoms in total. The molecule has 0 saturated heterocycles. The molecule has 0 bridgehead atoms. The van der Waals surface area contributed by atoms with Crippen molar-refractivity contribution in [2.24, 2.45) is 5.73 Å². The Kier molecular flexibility index (Phi) is 4.68. The van der Waals surface area contributed by atoms with Crippen molar-refractivity contribution in [3.63, 3.8) is 0 Å². The molecule has 0 amide bonds. The van der Waals surface area contributed by atoms with E-state index in [1.165, 1.54) is 0 Å². The summed E-state index contributed by atoms with van der Waals surface area (Å²) in [6.45, 7) is -0.471. The number of hydrogen-bond donors (Lipinski definition) is 4. The Bertz CT molecular complexity index is 277. The summed E-state index contributed by atoms with van der Waals surface area (Å²) in [4.78, 5) is 31.6. The fourth-order valence-corrected chi connectivity index (χ4v) is 0.847. The minimum atomic E-state index is -2.67. The predicted molar refractivity (Wildman–Crippen MR) is 44.6 cm³/mol. The molecule has 1 unspecified atom stereocenters. The summed E-state index contributed by atoms with van der Waals surface area (Å²) in [5, 5.41) is 26.2. The van der Waals surface area contributed by atoms with E-state index in [4.69, 9.17) is 15.9 Å². The van der Waals surface area contributed by atoms with Crippen LogP contribution >= 0.6 is 0 Å². The lowest BCUT2D eigenvalue weighted by atomic mass is 9.96. The molecule has 0 heterocycles. The van der Waals surface area contributed by atoms with Gasteiger partial charge in [0.25, 0.3) is 0 Å². The van der Waals surface area contributed by atoms with Crippen LogP contribution in [0.15, 0.2) is 0 Å². The van der Waals surface area contributed by atoms with Crippen molar-refractivity contribution < 1.29 is 34.4 Å². The van der Waals surface area contributed by atoms with Gasteiger partial charge in [0.1, 0.15) is 6.73 Å². The van der Waals surface area contributed by atoms with E-state index < -0.39 is 43.1 Å². The molecule has 0 aromatic rings. The Morgan fingerprint density at radius 1 is 1.20 bits per heavy atom. The van der Waals surface area contributed by atoms with E-state index >= 15 is 0 Å². The molecule has 0 aliphatic rings. The van der Waals surface area contributed by atoms with Gasteiger partial charge in [-0.1, -0.05) is 0 Å². The van der Waals surface area contributed by atoms with Crippen molar-refractivity contribution in [1.82, 2.24) is 0 Å². The quantitative estimate of drug-likeness (QED) is 0.301. The summed E-state index contributed by atoms with van der Waals surface area (Å²) in [6, 6.07) is 0. The van der Waals surface area contributed by atoms with Gasteiger partial charge >= 0.3 is 17.9 Å². The second kappa shape index (κ2) is 5.27. The summed E-state index contributed by atoms with van der Waals surface area (Å²) in [7, 11) is 0. The highest BCUT2D eigenvalue weighted by Crippen LogP contribution is 2.16. The van der Waals surface area contributed by atoms with Crippen LogP contribution in [0, 0.1) is 0 Å². The molecule has 0 spiro atoms. The number of esters is 1. The van der Waals surface area contributed by atoms with E-state index in [0.717, 1.165) is 0 Å². The molecule has 5 N–H and O–H groups in total. The van der Waals surface area contributed by atoms with E-state index in [9.17, 15) is 19.5 Å². The zero-order chi connectivity index (χ0) is 12.1. The van der Waals surface area contributed by atoms with Crippen molar-refractivity contribution in [1.29, 1.82) is 0 Å². The Morgan fingerprint density at radius 3 is 2.07 bits per heavy atom. The fourth-order valence-electron chi connectivity index (χ4n) is 0.847. The second-order valence-corrected chi connectivity index (χ2v) is 2.77. The molecule has 1 atom stereocenters. The number of carboxylic acids is 2. The third kappa shape index (κ3) is 4.38. The summed E-state index contributed by atoms with van der Waals surface area (Å²) in [5.41, 5.74) is 2.17. The van der Waals surface area contributed by atoms with Gasteiger partial charge in [-0.05, 0) is 0 Å². The minimum absolute atomic E-state index is 0.471. The van der Waals surface area contributed by atoms with Gasteiger partial charge in [-0.2, -0.15) is 0 Å². The van der Waals surface area contributed by atoms with E-state index in [1.54, 1.807) is 0 Å². The van der Waals surface area contributed by atoms with Crippen molar-refractivity contribution in [2.75, 3.05) is 6.73 Å². The van der Waals surface area contributed by atoms with Crippen LogP contribution in [0.2, 0.25) is 0 Å². The monoisotopic (exact) mass is 221 g/mol. The van der Waals surface area contributed by atoms with Crippen LogP contribution in [0.5, 0.6) is 0 Å². The summed E-state index contributed by atoms with van der Waals surface area (Å²) < 4.78 is 4.19. The SMILES string of the molecule is NCOC(=O)CC(O)(CC(=O)O)C(=O)O. The fraction of sp³-hybridized carbons (Fsp3) is 0.571. The van der Waals surface area contributed by atoms with Crippen LogP contribution in [0.25, 0.3) is 0 Å². The molecule has 86 valence electrons. The maximum Gasteiger partial charge on any atom is 0.336 e. The first kappa shape index (κ1) is 13.3. The second-order valence-electron chi connectivity index (χ2n) is 2.77. The van der Waals surface area contributed by atoms with E-state index in [2.05, 4.69) is 4.74 Å². The largest absolute Gasteiger partial charge is 0.481 e. The maximum absolute atomic E-state index is 10.8. The number of carbonyl (C=O) groups is 3. The lowest BCUT2D eigenvalue weighted by Crippen LogP contribution is -2.43. The number of carbonyl (C=O) groups excluding carboxylic acids is 1. The molecular formula is C7H11NO7. The van der Waals surface area contributed by atoms with Gasteiger partial charge in [0.2, 0.25) is 0 Å². The first-order valence-corrected chi connectivity index (χ1v) is 3.85. The van der Waals surface area contributed by atoms with Gasteiger partial charge in [-0.3, -0.25) is 15.3 Å². The molecule has 0 aliphatic carbocycles. The molecule has 15 heavy (non-hydrogen) atoms.